The summed E-state index contributed by atoms with van der Waals surface area (Å²) in [5.74, 6) is 0.476. The summed E-state index contributed by atoms with van der Waals surface area (Å²) in [6, 6.07) is 11.7. The lowest BCUT2D eigenvalue weighted by molar-refractivity contribution is 0.0727. The molecule has 196 valence electrons. The zero-order chi connectivity index (χ0) is 26.2. The van der Waals surface area contributed by atoms with E-state index in [2.05, 4.69) is 20.2 Å². The van der Waals surface area contributed by atoms with Gasteiger partial charge in [0.15, 0.2) is 0 Å². The van der Waals surface area contributed by atoms with Crippen molar-refractivity contribution in [2.24, 2.45) is 0 Å². The molecule has 3 aliphatic heterocycles. The first-order valence-corrected chi connectivity index (χ1v) is 13.0. The third-order valence-electron chi connectivity index (χ3n) is 7.81. The van der Waals surface area contributed by atoms with E-state index in [4.69, 9.17) is 0 Å². The molecule has 0 bridgehead atoms. The second kappa shape index (κ2) is 9.92. The maximum atomic E-state index is 14.1. The Bertz CT molecular complexity index is 1390. The Kier molecular flexibility index (Phi) is 6.30. The normalized spacial score (nSPS) is 17.9. The highest BCUT2D eigenvalue weighted by Gasteiger charge is 2.31. The average Bonchev–Trinajstić information content (AvgIpc) is 3.10. The molecule has 4 heterocycles. The molecule has 2 aromatic carbocycles. The standard InChI is InChI=1S/C28H29FN6O3/c29-23-3-1-2-19-16-34(12-9-22(19)23)27(37)25-15-26(31-17-30-25)33-10-7-20(8-11-33)35-13-6-18-14-21(36)4-5-24(18)32-28(35)38/h1-5,14-15,17,20,36H,6-13,16H2,(H,32,38). The lowest BCUT2D eigenvalue weighted by Gasteiger charge is -2.38. The third-order valence-corrected chi connectivity index (χ3v) is 7.81. The number of anilines is 2. The number of aromatic nitrogens is 2. The van der Waals surface area contributed by atoms with Crippen molar-refractivity contribution in [1.82, 2.24) is 19.8 Å². The number of phenols is 1. The van der Waals surface area contributed by atoms with Crippen molar-refractivity contribution in [3.63, 3.8) is 0 Å². The lowest BCUT2D eigenvalue weighted by Crippen LogP contribution is -2.49. The molecule has 38 heavy (non-hydrogen) atoms. The number of hydrogen-bond acceptors (Lipinski definition) is 6. The van der Waals surface area contributed by atoms with E-state index >= 15 is 0 Å². The summed E-state index contributed by atoms with van der Waals surface area (Å²) in [6.07, 6.45) is 4.12. The molecule has 9 nitrogen and oxygen atoms in total. The minimum absolute atomic E-state index is 0.0888. The van der Waals surface area contributed by atoms with Crippen molar-refractivity contribution in [3.05, 3.63) is 77.0 Å². The molecule has 1 saturated heterocycles. The second-order valence-corrected chi connectivity index (χ2v) is 10.0. The number of carbonyl (C=O) groups is 2. The number of urea groups is 1. The third kappa shape index (κ3) is 4.62. The highest BCUT2D eigenvalue weighted by atomic mass is 19.1. The van der Waals surface area contributed by atoms with E-state index in [1.54, 1.807) is 35.2 Å². The van der Waals surface area contributed by atoms with Gasteiger partial charge in [0.1, 0.15) is 29.4 Å². The van der Waals surface area contributed by atoms with Crippen molar-refractivity contribution >= 4 is 23.4 Å². The van der Waals surface area contributed by atoms with E-state index in [1.165, 1.54) is 12.4 Å². The first kappa shape index (κ1) is 24.1. The van der Waals surface area contributed by atoms with E-state index in [-0.39, 0.29) is 29.5 Å². The van der Waals surface area contributed by atoms with Gasteiger partial charge >= 0.3 is 6.03 Å². The van der Waals surface area contributed by atoms with E-state index in [9.17, 15) is 19.1 Å². The maximum absolute atomic E-state index is 14.1. The van der Waals surface area contributed by atoms with Gasteiger partial charge in [-0.25, -0.2) is 19.2 Å². The molecule has 0 spiro atoms. The van der Waals surface area contributed by atoms with Crippen LogP contribution in [0.1, 0.15) is 40.0 Å². The van der Waals surface area contributed by atoms with Crippen LogP contribution in [0, 0.1) is 5.82 Å². The molecule has 0 radical (unpaired) electrons. The number of fused-ring (bicyclic) bond motifs is 2. The topological polar surface area (TPSA) is 102 Å². The number of benzene rings is 2. The number of amides is 3. The van der Waals surface area contributed by atoms with Gasteiger partial charge in [-0.15, -0.1) is 0 Å². The number of hydrogen-bond donors (Lipinski definition) is 2. The monoisotopic (exact) mass is 516 g/mol. The first-order chi connectivity index (χ1) is 18.5. The molecule has 0 saturated carbocycles. The van der Waals surface area contributed by atoms with Crippen molar-refractivity contribution in [2.45, 2.75) is 38.3 Å². The molecular weight excluding hydrogens is 487 g/mol. The van der Waals surface area contributed by atoms with E-state index in [0.717, 1.165) is 29.7 Å². The van der Waals surface area contributed by atoms with Crippen LogP contribution in [0.15, 0.2) is 48.8 Å². The second-order valence-electron chi connectivity index (χ2n) is 10.0. The molecule has 6 rings (SSSR count). The Labute approximate surface area is 219 Å². The summed E-state index contributed by atoms with van der Waals surface area (Å²) >= 11 is 0. The summed E-state index contributed by atoms with van der Waals surface area (Å²) in [5.41, 5.74) is 3.51. The smallest absolute Gasteiger partial charge is 0.322 e. The number of halogens is 1. The molecule has 3 aliphatic rings. The van der Waals surface area contributed by atoms with Crippen LogP contribution in [0.5, 0.6) is 5.75 Å². The molecular formula is C28H29FN6O3. The molecule has 0 unspecified atom stereocenters. The van der Waals surface area contributed by atoms with Crippen LogP contribution in [0.25, 0.3) is 0 Å². The number of nitrogens with one attached hydrogen (secondary N) is 1. The Hall–Kier alpha value is -4.21. The fourth-order valence-electron chi connectivity index (χ4n) is 5.73. The minimum Gasteiger partial charge on any atom is -0.508 e. The van der Waals surface area contributed by atoms with Crippen molar-refractivity contribution in [1.29, 1.82) is 0 Å². The fourth-order valence-corrected chi connectivity index (χ4v) is 5.73. The molecule has 0 atom stereocenters. The summed E-state index contributed by atoms with van der Waals surface area (Å²) in [5, 5.41) is 12.8. The number of nitrogens with zero attached hydrogens (tertiary/aromatic N) is 5. The Morgan fingerprint density at radius 2 is 1.84 bits per heavy atom. The van der Waals surface area contributed by atoms with Crippen LogP contribution < -0.4 is 10.2 Å². The van der Waals surface area contributed by atoms with Crippen LogP contribution >= 0.6 is 0 Å². The van der Waals surface area contributed by atoms with E-state index in [0.29, 0.717) is 62.6 Å². The zero-order valence-electron chi connectivity index (χ0n) is 20.9. The van der Waals surface area contributed by atoms with Gasteiger partial charge in [-0.05, 0) is 66.6 Å². The van der Waals surface area contributed by atoms with Crippen LogP contribution in [0.3, 0.4) is 0 Å². The molecule has 1 fully saturated rings. The summed E-state index contributed by atoms with van der Waals surface area (Å²) in [4.78, 5) is 40.5. The van der Waals surface area contributed by atoms with Crippen molar-refractivity contribution in [2.75, 3.05) is 36.4 Å². The highest BCUT2D eigenvalue weighted by molar-refractivity contribution is 5.93. The number of rotatable bonds is 3. The van der Waals surface area contributed by atoms with Gasteiger partial charge in [-0.1, -0.05) is 12.1 Å². The quantitative estimate of drug-likeness (QED) is 0.516. The molecule has 3 aromatic rings. The van der Waals surface area contributed by atoms with Gasteiger partial charge in [0.05, 0.1) is 0 Å². The van der Waals surface area contributed by atoms with Gasteiger partial charge in [0.25, 0.3) is 5.91 Å². The molecule has 2 N–H and O–H groups in total. The summed E-state index contributed by atoms with van der Waals surface area (Å²) < 4.78 is 14.1. The van der Waals surface area contributed by atoms with Crippen LogP contribution in [0.2, 0.25) is 0 Å². The van der Waals surface area contributed by atoms with Crippen LogP contribution in [0.4, 0.5) is 20.7 Å². The number of aromatic hydroxyl groups is 1. The van der Waals surface area contributed by atoms with Crippen molar-refractivity contribution in [3.8, 4) is 5.75 Å². The number of phenolic OH excluding ortho intramolecular Hbond substituents is 1. The lowest BCUT2D eigenvalue weighted by atomic mass is 9.99. The summed E-state index contributed by atoms with van der Waals surface area (Å²) in [6.45, 7) is 2.78. The Morgan fingerprint density at radius 3 is 2.68 bits per heavy atom. The molecule has 0 aliphatic carbocycles. The van der Waals surface area contributed by atoms with Gasteiger partial charge in [-0.3, -0.25) is 4.79 Å². The SMILES string of the molecule is O=C(c1cc(N2CCC(N3CCc4cc(O)ccc4NC3=O)CC2)ncn1)N1CCc2c(F)cccc2C1. The largest absolute Gasteiger partial charge is 0.508 e. The molecule has 1 aromatic heterocycles. The minimum atomic E-state index is -0.219. The van der Waals surface area contributed by atoms with Gasteiger partial charge in [0, 0.05) is 50.5 Å². The molecule has 10 heteroatoms. The van der Waals surface area contributed by atoms with E-state index in [1.807, 2.05) is 11.0 Å². The van der Waals surface area contributed by atoms with Crippen molar-refractivity contribution < 1.29 is 19.1 Å². The van der Waals surface area contributed by atoms with Crippen LogP contribution in [-0.4, -0.2) is 69.0 Å². The zero-order valence-corrected chi connectivity index (χ0v) is 20.9. The number of carbonyl (C=O) groups excluding carboxylic acids is 2. The molecule has 3 amide bonds. The van der Waals surface area contributed by atoms with Gasteiger partial charge in [0.2, 0.25) is 0 Å². The van der Waals surface area contributed by atoms with Gasteiger partial charge < -0.3 is 25.1 Å². The van der Waals surface area contributed by atoms with Gasteiger partial charge in [-0.2, -0.15) is 0 Å². The Morgan fingerprint density at radius 1 is 1.00 bits per heavy atom. The predicted octanol–water partition coefficient (Wildman–Crippen LogP) is 3.58. The Balaban J connectivity index is 1.09. The average molecular weight is 517 g/mol. The van der Waals surface area contributed by atoms with Crippen LogP contribution in [-0.2, 0) is 19.4 Å². The maximum Gasteiger partial charge on any atom is 0.322 e. The highest BCUT2D eigenvalue weighted by Crippen LogP contribution is 2.28. The number of piperidine rings is 1. The predicted molar refractivity (Wildman–Crippen MR) is 140 cm³/mol. The fraction of sp³-hybridized carbons (Fsp3) is 0.357. The van der Waals surface area contributed by atoms with E-state index < -0.39 is 0 Å². The summed E-state index contributed by atoms with van der Waals surface area (Å²) in [7, 11) is 0. The first-order valence-electron chi connectivity index (χ1n) is 13.0.